The van der Waals surface area contributed by atoms with Crippen LogP contribution in [0.5, 0.6) is 0 Å². The van der Waals surface area contributed by atoms with Gasteiger partial charge in [0.25, 0.3) is 0 Å². The molecule has 2 saturated carbocycles. The Bertz CT molecular complexity index is 379. The Morgan fingerprint density at radius 1 is 1.00 bits per heavy atom. The Hall–Kier alpha value is 0. The third-order valence-electron chi connectivity index (χ3n) is 8.13. The van der Waals surface area contributed by atoms with Crippen molar-refractivity contribution in [2.75, 3.05) is 0 Å². The summed E-state index contributed by atoms with van der Waals surface area (Å²) < 4.78 is 0. The smallest absolute Gasteiger partial charge is 0.0159 e. The lowest BCUT2D eigenvalue weighted by atomic mass is 9.39. The fourth-order valence-electron chi connectivity index (χ4n) is 7.71. The second kappa shape index (κ2) is 6.14. The van der Waals surface area contributed by atoms with E-state index < -0.39 is 0 Å². The zero-order valence-electron chi connectivity index (χ0n) is 16.9. The molecule has 6 unspecified atom stereocenters. The minimum Gasteiger partial charge on any atom is -0.0651 e. The van der Waals surface area contributed by atoms with Gasteiger partial charge in [0.1, 0.15) is 0 Å². The fraction of sp³-hybridized carbons (Fsp3) is 1.00. The Kier molecular flexibility index (Phi) is 5.12. The van der Waals surface area contributed by atoms with Gasteiger partial charge in [-0.15, -0.1) is 0 Å². The van der Waals surface area contributed by atoms with Crippen LogP contribution < -0.4 is 0 Å². The van der Waals surface area contributed by atoms with E-state index in [0.29, 0.717) is 10.8 Å². The predicted molar refractivity (Wildman–Crippen MR) is 98.8 cm³/mol. The molecule has 2 fully saturated rings. The van der Waals surface area contributed by atoms with Gasteiger partial charge in [-0.2, -0.15) is 0 Å². The third kappa shape index (κ3) is 2.22. The van der Waals surface area contributed by atoms with E-state index >= 15 is 0 Å². The molecule has 0 aliphatic heterocycles. The van der Waals surface area contributed by atoms with Crippen molar-refractivity contribution in [3.63, 3.8) is 0 Å². The molecule has 2 rings (SSSR count). The highest BCUT2D eigenvalue weighted by Gasteiger charge is 2.71. The molecule has 0 amide bonds. The van der Waals surface area contributed by atoms with Crippen LogP contribution in [0.1, 0.15) is 88.0 Å². The van der Waals surface area contributed by atoms with E-state index in [1.54, 1.807) is 0 Å². The summed E-state index contributed by atoms with van der Waals surface area (Å²) in [6.07, 6.45) is 5.87. The average molecular weight is 307 g/mol. The van der Waals surface area contributed by atoms with Crippen molar-refractivity contribution in [3.05, 3.63) is 0 Å². The van der Waals surface area contributed by atoms with Gasteiger partial charge in [-0.3, -0.25) is 0 Å². The number of hydrogen-bond donors (Lipinski definition) is 0. The van der Waals surface area contributed by atoms with Gasteiger partial charge in [-0.1, -0.05) is 68.7 Å². The molecule has 0 aromatic rings. The molecule has 0 aromatic carbocycles. The van der Waals surface area contributed by atoms with E-state index in [0.717, 1.165) is 41.4 Å². The predicted octanol–water partition coefficient (Wildman–Crippen LogP) is 7.04. The Balaban J connectivity index is 2.58. The van der Waals surface area contributed by atoms with Crippen LogP contribution in [-0.4, -0.2) is 0 Å². The molecule has 6 atom stereocenters. The monoisotopic (exact) mass is 306 g/mol. The molecule has 0 bridgehead atoms. The van der Waals surface area contributed by atoms with Crippen molar-refractivity contribution in [2.24, 2.45) is 52.3 Å². The van der Waals surface area contributed by atoms with E-state index in [-0.39, 0.29) is 0 Å². The van der Waals surface area contributed by atoms with Gasteiger partial charge in [-0.25, -0.2) is 0 Å². The highest BCUT2D eigenvalue weighted by Crippen LogP contribution is 2.78. The van der Waals surface area contributed by atoms with Crippen LogP contribution in [-0.2, 0) is 0 Å². The Morgan fingerprint density at radius 2 is 1.59 bits per heavy atom. The first-order valence-electron chi connectivity index (χ1n) is 10.1. The number of rotatable bonds is 6. The van der Waals surface area contributed by atoms with E-state index in [4.69, 9.17) is 0 Å². The standard InChI is InChI=1S/C22H42/c1-10-19-11-20-17(8)13-21(20,12-14(2)3)22(19,16(6)7)18(9)15(4)5/h14-20H,10-13H2,1-9H3. The van der Waals surface area contributed by atoms with Gasteiger partial charge < -0.3 is 0 Å². The molecule has 0 heteroatoms. The first kappa shape index (κ1) is 18.3. The van der Waals surface area contributed by atoms with Gasteiger partial charge in [0, 0.05) is 0 Å². The summed E-state index contributed by atoms with van der Waals surface area (Å²) in [5.74, 6) is 6.20. The molecule has 2 aliphatic carbocycles. The van der Waals surface area contributed by atoms with Crippen molar-refractivity contribution < 1.29 is 0 Å². The fourth-order valence-corrected chi connectivity index (χ4v) is 7.71. The first-order chi connectivity index (χ1) is 10.1. The topological polar surface area (TPSA) is 0 Å². The van der Waals surface area contributed by atoms with Crippen molar-refractivity contribution in [3.8, 4) is 0 Å². The van der Waals surface area contributed by atoms with Crippen LogP contribution in [0.3, 0.4) is 0 Å². The Morgan fingerprint density at radius 3 is 1.95 bits per heavy atom. The van der Waals surface area contributed by atoms with Crippen LogP contribution >= 0.6 is 0 Å². The van der Waals surface area contributed by atoms with E-state index in [2.05, 4.69) is 62.3 Å². The highest BCUT2D eigenvalue weighted by atomic mass is 14.8. The minimum atomic E-state index is 0.567. The van der Waals surface area contributed by atoms with Crippen molar-refractivity contribution in [1.29, 1.82) is 0 Å². The van der Waals surface area contributed by atoms with Gasteiger partial charge in [0.2, 0.25) is 0 Å². The number of hydrogen-bond acceptors (Lipinski definition) is 0. The normalized spacial score (nSPS) is 42.8. The SMILES string of the molecule is CCC1CC2C(C)CC2(CC(C)C)C1(C(C)C)C(C)C(C)C. The van der Waals surface area contributed by atoms with Crippen LogP contribution in [0.2, 0.25) is 0 Å². The van der Waals surface area contributed by atoms with Crippen molar-refractivity contribution in [2.45, 2.75) is 88.0 Å². The van der Waals surface area contributed by atoms with E-state index in [1.165, 1.54) is 25.7 Å². The molecule has 22 heavy (non-hydrogen) atoms. The van der Waals surface area contributed by atoms with Gasteiger partial charge in [-0.05, 0) is 71.5 Å². The molecule has 0 saturated heterocycles. The maximum atomic E-state index is 2.60. The summed E-state index contributed by atoms with van der Waals surface area (Å²) in [6.45, 7) is 22.6. The molecular weight excluding hydrogens is 264 g/mol. The third-order valence-corrected chi connectivity index (χ3v) is 8.13. The molecule has 0 nitrogen and oxygen atoms in total. The molecular formula is C22H42. The van der Waals surface area contributed by atoms with E-state index in [9.17, 15) is 0 Å². The quantitative estimate of drug-likeness (QED) is 0.493. The zero-order chi connectivity index (χ0) is 16.9. The molecule has 130 valence electrons. The number of fused-ring (bicyclic) bond motifs is 1. The average Bonchev–Trinajstić information content (AvgIpc) is 2.62. The lowest BCUT2D eigenvalue weighted by Gasteiger charge is -2.65. The largest absolute Gasteiger partial charge is 0.0651 e. The molecule has 0 heterocycles. The van der Waals surface area contributed by atoms with E-state index in [1.807, 2.05) is 0 Å². The summed E-state index contributed by atoms with van der Waals surface area (Å²) in [5, 5.41) is 0. The maximum Gasteiger partial charge on any atom is -0.0159 e. The van der Waals surface area contributed by atoms with Crippen molar-refractivity contribution >= 4 is 0 Å². The Labute approximate surface area is 140 Å². The molecule has 0 N–H and O–H groups in total. The van der Waals surface area contributed by atoms with Crippen LogP contribution in [0.25, 0.3) is 0 Å². The van der Waals surface area contributed by atoms with Crippen LogP contribution in [0.4, 0.5) is 0 Å². The molecule has 0 radical (unpaired) electrons. The highest BCUT2D eigenvalue weighted by molar-refractivity contribution is 5.19. The van der Waals surface area contributed by atoms with Gasteiger partial charge >= 0.3 is 0 Å². The summed E-state index contributed by atoms with van der Waals surface area (Å²) in [6, 6.07) is 0. The minimum absolute atomic E-state index is 0.567. The lowest BCUT2D eigenvalue weighted by molar-refractivity contribution is -0.172. The zero-order valence-corrected chi connectivity index (χ0v) is 16.9. The first-order valence-corrected chi connectivity index (χ1v) is 10.1. The second-order valence-corrected chi connectivity index (χ2v) is 10.0. The summed E-state index contributed by atoms with van der Waals surface area (Å²) in [5.41, 5.74) is 1.20. The second-order valence-electron chi connectivity index (χ2n) is 10.0. The summed E-state index contributed by atoms with van der Waals surface area (Å²) >= 11 is 0. The van der Waals surface area contributed by atoms with Crippen molar-refractivity contribution in [1.82, 2.24) is 0 Å². The van der Waals surface area contributed by atoms with Gasteiger partial charge in [0.05, 0.1) is 0 Å². The van der Waals surface area contributed by atoms with Gasteiger partial charge in [0.15, 0.2) is 0 Å². The molecule has 2 aliphatic rings. The maximum absolute atomic E-state index is 2.60. The van der Waals surface area contributed by atoms with Crippen LogP contribution in [0, 0.1) is 52.3 Å². The molecule has 0 spiro atoms. The summed E-state index contributed by atoms with van der Waals surface area (Å²) in [7, 11) is 0. The van der Waals surface area contributed by atoms with Crippen LogP contribution in [0.15, 0.2) is 0 Å². The summed E-state index contributed by atoms with van der Waals surface area (Å²) in [4.78, 5) is 0. The lowest BCUT2D eigenvalue weighted by Crippen LogP contribution is -2.59. The molecule has 0 aromatic heterocycles.